The van der Waals surface area contributed by atoms with Gasteiger partial charge in [0.25, 0.3) is 0 Å². The Labute approximate surface area is 97.2 Å². The van der Waals surface area contributed by atoms with E-state index in [2.05, 4.69) is 32.0 Å². The highest BCUT2D eigenvalue weighted by molar-refractivity contribution is 5.80. The first kappa shape index (κ1) is 12.7. The van der Waals surface area contributed by atoms with Crippen LogP contribution in [-0.4, -0.2) is 23.9 Å². The lowest BCUT2D eigenvalue weighted by Crippen LogP contribution is -2.39. The van der Waals surface area contributed by atoms with Crippen LogP contribution in [0, 0.1) is 13.8 Å². The normalized spacial score (nSPS) is 12.3. The third-order valence-electron chi connectivity index (χ3n) is 2.67. The van der Waals surface area contributed by atoms with E-state index >= 15 is 0 Å². The molecule has 0 aliphatic carbocycles. The molecular weight excluding hydrogens is 200 g/mol. The third-order valence-corrected chi connectivity index (χ3v) is 2.67. The molecule has 0 bridgehead atoms. The van der Waals surface area contributed by atoms with Gasteiger partial charge in [0.15, 0.2) is 0 Å². The van der Waals surface area contributed by atoms with E-state index < -0.39 is 6.04 Å². The molecule has 0 saturated heterocycles. The fourth-order valence-electron chi connectivity index (χ4n) is 1.70. The highest BCUT2D eigenvalue weighted by atomic mass is 16.2. The molecule has 88 valence electrons. The molecule has 0 fully saturated rings. The van der Waals surface area contributed by atoms with E-state index in [0.717, 1.165) is 0 Å². The molecule has 0 unspecified atom stereocenters. The molecule has 2 N–H and O–H groups in total. The van der Waals surface area contributed by atoms with Gasteiger partial charge in [-0.3, -0.25) is 4.79 Å². The lowest BCUT2D eigenvalue weighted by molar-refractivity contribution is -0.131. The van der Waals surface area contributed by atoms with Crippen LogP contribution in [0.3, 0.4) is 0 Å². The molecule has 0 aliphatic heterocycles. The van der Waals surface area contributed by atoms with Gasteiger partial charge in [0, 0.05) is 13.6 Å². The number of nitrogens with two attached hydrogens (primary N) is 1. The van der Waals surface area contributed by atoms with Crippen LogP contribution in [0.4, 0.5) is 0 Å². The molecule has 1 aromatic carbocycles. The third kappa shape index (κ3) is 3.07. The minimum Gasteiger partial charge on any atom is -0.340 e. The summed E-state index contributed by atoms with van der Waals surface area (Å²) >= 11 is 0. The van der Waals surface area contributed by atoms with Gasteiger partial charge in [-0.1, -0.05) is 23.8 Å². The SMILES string of the molecule is Cc1ccc(CN(C)C(=O)[C@@H](C)N)c(C)c1. The van der Waals surface area contributed by atoms with Gasteiger partial charge in [-0.15, -0.1) is 0 Å². The smallest absolute Gasteiger partial charge is 0.239 e. The molecule has 0 saturated carbocycles. The molecule has 1 aromatic rings. The van der Waals surface area contributed by atoms with Gasteiger partial charge in [0.2, 0.25) is 5.91 Å². The van der Waals surface area contributed by atoms with Crippen molar-refractivity contribution in [2.24, 2.45) is 5.73 Å². The maximum Gasteiger partial charge on any atom is 0.239 e. The Morgan fingerprint density at radius 1 is 1.44 bits per heavy atom. The zero-order chi connectivity index (χ0) is 12.3. The molecule has 3 heteroatoms. The number of benzene rings is 1. The van der Waals surface area contributed by atoms with Crippen LogP contribution in [0.25, 0.3) is 0 Å². The van der Waals surface area contributed by atoms with Crippen LogP contribution in [0.1, 0.15) is 23.6 Å². The van der Waals surface area contributed by atoms with Gasteiger partial charge in [0.1, 0.15) is 0 Å². The summed E-state index contributed by atoms with van der Waals surface area (Å²) < 4.78 is 0. The number of hydrogen-bond donors (Lipinski definition) is 1. The topological polar surface area (TPSA) is 46.3 Å². The van der Waals surface area contributed by atoms with Crippen LogP contribution in [0.5, 0.6) is 0 Å². The van der Waals surface area contributed by atoms with E-state index in [1.807, 2.05) is 0 Å². The Bertz CT molecular complexity index is 386. The summed E-state index contributed by atoms with van der Waals surface area (Å²) in [5, 5.41) is 0. The van der Waals surface area contributed by atoms with Crippen LogP contribution in [0.2, 0.25) is 0 Å². The molecule has 1 rings (SSSR count). The van der Waals surface area contributed by atoms with Crippen molar-refractivity contribution in [1.82, 2.24) is 4.90 Å². The number of amides is 1. The quantitative estimate of drug-likeness (QED) is 0.841. The first-order valence-electron chi connectivity index (χ1n) is 5.48. The minimum atomic E-state index is -0.434. The summed E-state index contributed by atoms with van der Waals surface area (Å²) in [6, 6.07) is 5.82. The molecule has 0 radical (unpaired) electrons. The van der Waals surface area contributed by atoms with Crippen molar-refractivity contribution < 1.29 is 4.79 Å². The number of rotatable bonds is 3. The first-order chi connectivity index (χ1) is 7.41. The van der Waals surface area contributed by atoms with Crippen LogP contribution >= 0.6 is 0 Å². The molecule has 0 aliphatic rings. The summed E-state index contributed by atoms with van der Waals surface area (Å²) in [7, 11) is 1.78. The average Bonchev–Trinajstić information content (AvgIpc) is 2.20. The second-order valence-corrected chi connectivity index (χ2v) is 4.41. The second-order valence-electron chi connectivity index (χ2n) is 4.41. The van der Waals surface area contributed by atoms with Gasteiger partial charge >= 0.3 is 0 Å². The zero-order valence-corrected chi connectivity index (χ0v) is 10.4. The number of carbonyl (C=O) groups excluding carboxylic acids is 1. The maximum atomic E-state index is 11.6. The molecule has 3 nitrogen and oxygen atoms in total. The zero-order valence-electron chi connectivity index (χ0n) is 10.4. The van der Waals surface area contributed by atoms with Gasteiger partial charge in [0.05, 0.1) is 6.04 Å². The molecule has 1 amide bonds. The summed E-state index contributed by atoms with van der Waals surface area (Å²) in [4.78, 5) is 13.3. The number of hydrogen-bond acceptors (Lipinski definition) is 2. The number of nitrogens with zero attached hydrogens (tertiary/aromatic N) is 1. The van der Waals surface area contributed by atoms with Gasteiger partial charge in [-0.25, -0.2) is 0 Å². The lowest BCUT2D eigenvalue weighted by Gasteiger charge is -2.20. The Kier molecular flexibility index (Phi) is 4.07. The molecular formula is C13H20N2O. The van der Waals surface area contributed by atoms with Crippen LogP contribution < -0.4 is 5.73 Å². The monoisotopic (exact) mass is 220 g/mol. The lowest BCUT2D eigenvalue weighted by atomic mass is 10.1. The van der Waals surface area contributed by atoms with E-state index in [9.17, 15) is 4.79 Å². The molecule has 0 aromatic heterocycles. The Morgan fingerprint density at radius 3 is 2.56 bits per heavy atom. The molecule has 0 spiro atoms. The van der Waals surface area contributed by atoms with Crippen molar-refractivity contribution in [2.75, 3.05) is 7.05 Å². The fourth-order valence-corrected chi connectivity index (χ4v) is 1.70. The van der Waals surface area contributed by atoms with E-state index in [1.165, 1.54) is 16.7 Å². The average molecular weight is 220 g/mol. The summed E-state index contributed by atoms with van der Waals surface area (Å²) in [6.45, 7) is 6.45. The summed E-state index contributed by atoms with van der Waals surface area (Å²) in [6.07, 6.45) is 0. The molecule has 16 heavy (non-hydrogen) atoms. The van der Waals surface area contributed by atoms with E-state index in [1.54, 1.807) is 18.9 Å². The van der Waals surface area contributed by atoms with Crippen molar-refractivity contribution in [3.05, 3.63) is 34.9 Å². The Morgan fingerprint density at radius 2 is 2.06 bits per heavy atom. The summed E-state index contributed by atoms with van der Waals surface area (Å²) in [5.74, 6) is -0.0278. The number of likely N-dealkylation sites (N-methyl/N-ethyl adjacent to an activating group) is 1. The maximum absolute atomic E-state index is 11.6. The van der Waals surface area contributed by atoms with Crippen molar-refractivity contribution in [3.8, 4) is 0 Å². The van der Waals surface area contributed by atoms with E-state index in [0.29, 0.717) is 6.54 Å². The predicted octanol–water partition coefficient (Wildman–Crippen LogP) is 1.61. The Hall–Kier alpha value is -1.35. The van der Waals surface area contributed by atoms with Crippen molar-refractivity contribution >= 4 is 5.91 Å². The fraction of sp³-hybridized carbons (Fsp3) is 0.462. The first-order valence-corrected chi connectivity index (χ1v) is 5.48. The minimum absolute atomic E-state index is 0.0278. The van der Waals surface area contributed by atoms with Crippen molar-refractivity contribution in [3.63, 3.8) is 0 Å². The second kappa shape index (κ2) is 5.12. The van der Waals surface area contributed by atoms with E-state index in [4.69, 9.17) is 5.73 Å². The standard InChI is InChI=1S/C13H20N2O/c1-9-5-6-12(10(2)7-9)8-15(4)13(16)11(3)14/h5-7,11H,8,14H2,1-4H3/t11-/m1/s1. The van der Waals surface area contributed by atoms with Crippen LogP contribution in [0.15, 0.2) is 18.2 Å². The highest BCUT2D eigenvalue weighted by Gasteiger charge is 2.14. The predicted molar refractivity (Wildman–Crippen MR) is 66.0 cm³/mol. The van der Waals surface area contributed by atoms with Crippen molar-refractivity contribution in [1.29, 1.82) is 0 Å². The van der Waals surface area contributed by atoms with Gasteiger partial charge in [-0.05, 0) is 31.9 Å². The van der Waals surface area contributed by atoms with Gasteiger partial charge < -0.3 is 10.6 Å². The van der Waals surface area contributed by atoms with Crippen molar-refractivity contribution in [2.45, 2.75) is 33.4 Å². The Balaban J connectivity index is 2.77. The summed E-state index contributed by atoms with van der Waals surface area (Å²) in [5.41, 5.74) is 9.18. The number of carbonyl (C=O) groups is 1. The number of aryl methyl sites for hydroxylation is 2. The molecule has 1 atom stereocenters. The highest BCUT2D eigenvalue weighted by Crippen LogP contribution is 2.12. The van der Waals surface area contributed by atoms with Gasteiger partial charge in [-0.2, -0.15) is 0 Å². The van der Waals surface area contributed by atoms with Crippen LogP contribution in [-0.2, 0) is 11.3 Å². The largest absolute Gasteiger partial charge is 0.340 e. The molecule has 0 heterocycles. The van der Waals surface area contributed by atoms with E-state index in [-0.39, 0.29) is 5.91 Å².